The number of aryl methyl sites for hydroxylation is 2. The van der Waals surface area contributed by atoms with E-state index in [1.54, 1.807) is 11.9 Å². The summed E-state index contributed by atoms with van der Waals surface area (Å²) < 4.78 is 0. The molecule has 2 rings (SSSR count). The zero-order valence-corrected chi connectivity index (χ0v) is 10.3. The summed E-state index contributed by atoms with van der Waals surface area (Å²) in [6, 6.07) is 6.50. The van der Waals surface area contributed by atoms with Crippen molar-refractivity contribution in [3.8, 4) is 0 Å². The average molecular weight is 233 g/mol. The smallest absolute Gasteiger partial charge is 0.224 e. The summed E-state index contributed by atoms with van der Waals surface area (Å²) in [5.41, 5.74) is 4.07. The molecule has 0 atom stereocenters. The van der Waals surface area contributed by atoms with Crippen LogP contribution in [0.3, 0.4) is 0 Å². The first-order chi connectivity index (χ1) is 8.20. The summed E-state index contributed by atoms with van der Waals surface area (Å²) >= 11 is 0. The summed E-state index contributed by atoms with van der Waals surface area (Å²) in [5.74, 6) is -0.00648. The molecular weight excluding hydrogens is 214 g/mol. The molecule has 0 saturated heterocycles. The molecule has 17 heavy (non-hydrogen) atoms. The van der Waals surface area contributed by atoms with Crippen molar-refractivity contribution in [3.63, 3.8) is 0 Å². The summed E-state index contributed by atoms with van der Waals surface area (Å²) in [6.45, 7) is 0.555. The predicted molar refractivity (Wildman–Crippen MR) is 66.6 cm³/mol. The van der Waals surface area contributed by atoms with Crippen molar-refractivity contribution >= 4 is 5.91 Å². The van der Waals surface area contributed by atoms with Crippen LogP contribution in [0.1, 0.15) is 29.5 Å². The predicted octanol–water partition coefficient (Wildman–Crippen LogP) is 1.52. The molecule has 3 nitrogen and oxygen atoms in total. The van der Waals surface area contributed by atoms with Crippen LogP contribution in [0.4, 0.5) is 0 Å². The van der Waals surface area contributed by atoms with Crippen LogP contribution >= 0.6 is 0 Å². The Morgan fingerprint density at radius 2 is 2.12 bits per heavy atom. The summed E-state index contributed by atoms with van der Waals surface area (Å²) in [5, 5.41) is 8.73. The summed E-state index contributed by atoms with van der Waals surface area (Å²) in [6.07, 6.45) is 3.81. The Morgan fingerprint density at radius 3 is 2.88 bits per heavy atom. The first kappa shape index (κ1) is 12.1. The molecule has 1 aliphatic rings. The Bertz CT molecular complexity index is 415. The van der Waals surface area contributed by atoms with Gasteiger partial charge in [0.05, 0.1) is 6.61 Å². The van der Waals surface area contributed by atoms with Gasteiger partial charge in [-0.25, -0.2) is 0 Å². The first-order valence-electron chi connectivity index (χ1n) is 6.16. The van der Waals surface area contributed by atoms with Gasteiger partial charge in [-0.2, -0.15) is 0 Å². The zero-order valence-electron chi connectivity index (χ0n) is 10.3. The number of nitrogens with zero attached hydrogens (tertiary/aromatic N) is 1. The fourth-order valence-electron chi connectivity index (χ4n) is 2.37. The van der Waals surface area contributed by atoms with Crippen molar-refractivity contribution in [2.45, 2.75) is 32.2 Å². The average Bonchev–Trinajstić information content (AvgIpc) is 2.76. The molecule has 0 radical (unpaired) electrons. The van der Waals surface area contributed by atoms with E-state index in [4.69, 9.17) is 5.11 Å². The third kappa shape index (κ3) is 2.86. The highest BCUT2D eigenvalue weighted by Crippen LogP contribution is 2.23. The maximum atomic E-state index is 11.5. The van der Waals surface area contributed by atoms with Crippen LogP contribution in [-0.4, -0.2) is 29.6 Å². The summed E-state index contributed by atoms with van der Waals surface area (Å²) in [7, 11) is 1.78. The van der Waals surface area contributed by atoms with Crippen LogP contribution in [0.25, 0.3) is 0 Å². The minimum atomic E-state index is -0.0760. The number of fused-ring (bicyclic) bond motifs is 1. The molecule has 0 unspecified atom stereocenters. The number of benzene rings is 1. The van der Waals surface area contributed by atoms with Crippen molar-refractivity contribution in [1.29, 1.82) is 0 Å². The molecule has 0 spiro atoms. The number of aliphatic hydroxyl groups is 1. The Labute approximate surface area is 102 Å². The van der Waals surface area contributed by atoms with Crippen molar-refractivity contribution in [3.05, 3.63) is 34.9 Å². The third-order valence-corrected chi connectivity index (χ3v) is 3.33. The van der Waals surface area contributed by atoms with Crippen LogP contribution < -0.4 is 0 Å². The maximum Gasteiger partial charge on any atom is 0.224 e. The van der Waals surface area contributed by atoms with Crippen LogP contribution in [-0.2, 0) is 24.2 Å². The standard InChI is InChI=1S/C14H19NO2/c1-15(14(17)7-8-16)10-11-5-6-12-3-2-4-13(12)9-11/h5-6,9,16H,2-4,7-8,10H2,1H3. The monoisotopic (exact) mass is 233 g/mol. The van der Waals surface area contributed by atoms with Crippen molar-refractivity contribution in [2.24, 2.45) is 0 Å². The number of aliphatic hydroxyl groups excluding tert-OH is 1. The minimum absolute atomic E-state index is 0.00648. The second-order valence-corrected chi connectivity index (χ2v) is 4.68. The Hall–Kier alpha value is -1.35. The highest BCUT2D eigenvalue weighted by atomic mass is 16.3. The fourth-order valence-corrected chi connectivity index (χ4v) is 2.37. The van der Waals surface area contributed by atoms with E-state index < -0.39 is 0 Å². The zero-order chi connectivity index (χ0) is 12.3. The largest absolute Gasteiger partial charge is 0.396 e. The Balaban J connectivity index is 2.01. The van der Waals surface area contributed by atoms with Gasteiger partial charge in [0.2, 0.25) is 5.91 Å². The number of rotatable bonds is 4. The van der Waals surface area contributed by atoms with Crippen LogP contribution in [0.15, 0.2) is 18.2 Å². The molecule has 1 N–H and O–H groups in total. The van der Waals surface area contributed by atoms with E-state index >= 15 is 0 Å². The number of carbonyl (C=O) groups is 1. The van der Waals surface area contributed by atoms with Gasteiger partial charge in [0.25, 0.3) is 0 Å². The molecule has 1 aromatic carbocycles. The van der Waals surface area contributed by atoms with Crippen molar-refractivity contribution < 1.29 is 9.90 Å². The molecule has 1 aromatic rings. The molecule has 1 aliphatic carbocycles. The van der Waals surface area contributed by atoms with E-state index in [1.165, 1.54) is 29.5 Å². The number of carbonyl (C=O) groups excluding carboxylic acids is 1. The van der Waals surface area contributed by atoms with E-state index in [1.807, 2.05) is 0 Å². The second-order valence-electron chi connectivity index (χ2n) is 4.68. The molecule has 0 bridgehead atoms. The lowest BCUT2D eigenvalue weighted by Gasteiger charge is -2.17. The lowest BCUT2D eigenvalue weighted by molar-refractivity contribution is -0.131. The molecule has 3 heteroatoms. The summed E-state index contributed by atoms with van der Waals surface area (Å²) in [4.78, 5) is 13.2. The van der Waals surface area contributed by atoms with Gasteiger partial charge in [0, 0.05) is 20.0 Å². The molecule has 0 heterocycles. The maximum absolute atomic E-state index is 11.5. The Morgan fingerprint density at radius 1 is 1.35 bits per heavy atom. The normalized spacial score (nSPS) is 13.5. The van der Waals surface area contributed by atoms with Gasteiger partial charge in [-0.1, -0.05) is 18.2 Å². The molecule has 1 amide bonds. The van der Waals surface area contributed by atoms with Gasteiger partial charge in [-0.15, -0.1) is 0 Å². The van der Waals surface area contributed by atoms with E-state index in [0.29, 0.717) is 6.54 Å². The highest BCUT2D eigenvalue weighted by Gasteiger charge is 2.13. The third-order valence-electron chi connectivity index (χ3n) is 3.33. The lowest BCUT2D eigenvalue weighted by atomic mass is 10.1. The number of hydrogen-bond acceptors (Lipinski definition) is 2. The van der Waals surface area contributed by atoms with Gasteiger partial charge in [-0.3, -0.25) is 4.79 Å². The van der Waals surface area contributed by atoms with E-state index in [-0.39, 0.29) is 18.9 Å². The van der Waals surface area contributed by atoms with Crippen molar-refractivity contribution in [2.75, 3.05) is 13.7 Å². The van der Waals surface area contributed by atoms with Crippen LogP contribution in [0.5, 0.6) is 0 Å². The molecule has 92 valence electrons. The van der Waals surface area contributed by atoms with Gasteiger partial charge < -0.3 is 10.0 Å². The van der Waals surface area contributed by atoms with Gasteiger partial charge in [0.15, 0.2) is 0 Å². The van der Waals surface area contributed by atoms with E-state index in [0.717, 1.165) is 6.42 Å². The lowest BCUT2D eigenvalue weighted by Crippen LogP contribution is -2.26. The molecule has 0 fully saturated rings. The topological polar surface area (TPSA) is 40.5 Å². The quantitative estimate of drug-likeness (QED) is 0.856. The number of hydrogen-bond donors (Lipinski definition) is 1. The minimum Gasteiger partial charge on any atom is -0.396 e. The fraction of sp³-hybridized carbons (Fsp3) is 0.500. The Kier molecular flexibility index (Phi) is 3.79. The number of amides is 1. The van der Waals surface area contributed by atoms with Crippen LogP contribution in [0.2, 0.25) is 0 Å². The first-order valence-corrected chi connectivity index (χ1v) is 6.16. The highest BCUT2D eigenvalue weighted by molar-refractivity contribution is 5.75. The van der Waals surface area contributed by atoms with E-state index in [9.17, 15) is 4.79 Å². The van der Waals surface area contributed by atoms with Crippen molar-refractivity contribution in [1.82, 2.24) is 4.90 Å². The van der Waals surface area contributed by atoms with Crippen LogP contribution in [0, 0.1) is 0 Å². The van der Waals surface area contributed by atoms with Gasteiger partial charge in [0.1, 0.15) is 0 Å². The second kappa shape index (κ2) is 5.32. The molecule has 0 aliphatic heterocycles. The molecular formula is C14H19NO2. The van der Waals surface area contributed by atoms with Gasteiger partial charge >= 0.3 is 0 Å². The van der Waals surface area contributed by atoms with E-state index in [2.05, 4.69) is 18.2 Å². The molecule has 0 saturated carbocycles. The molecule has 0 aromatic heterocycles. The SMILES string of the molecule is CN(Cc1ccc2c(c1)CCC2)C(=O)CCO. The van der Waals surface area contributed by atoms with Gasteiger partial charge in [-0.05, 0) is 36.0 Å².